The third-order valence-electron chi connectivity index (χ3n) is 3.08. The molecule has 1 unspecified atom stereocenters. The van der Waals surface area contributed by atoms with E-state index in [1.807, 2.05) is 0 Å². The highest BCUT2D eigenvalue weighted by Crippen LogP contribution is 2.51. The minimum Gasteiger partial charge on any atom is -0.0852 e. The maximum atomic E-state index is 2.36. The van der Waals surface area contributed by atoms with Gasteiger partial charge in [-0.15, -0.1) is 0 Å². The van der Waals surface area contributed by atoms with Crippen LogP contribution in [0.25, 0.3) is 0 Å². The van der Waals surface area contributed by atoms with E-state index in [0.717, 1.165) is 0 Å². The summed E-state index contributed by atoms with van der Waals surface area (Å²) in [7, 11) is 0.104. The molecule has 0 aromatic carbocycles. The molecule has 1 rings (SSSR count). The number of hydrogen-bond donors (Lipinski definition) is 0. The average molecular weight is 182 g/mol. The third kappa shape index (κ3) is 1.38. The third-order valence-corrected chi connectivity index (χ3v) is 4.77. The first-order chi connectivity index (χ1) is 5.46. The zero-order chi connectivity index (χ0) is 9.46. The maximum Gasteiger partial charge on any atom is 0.00298 e. The van der Waals surface area contributed by atoms with E-state index in [1.54, 1.807) is 16.5 Å². The number of hydrogen-bond acceptors (Lipinski definition) is 0. The predicted molar refractivity (Wildman–Crippen MR) is 59.0 cm³/mol. The fraction of sp³-hybridized carbons (Fsp3) is 0.636. The van der Waals surface area contributed by atoms with Crippen LogP contribution in [0.5, 0.6) is 0 Å². The Kier molecular flexibility index (Phi) is 2.78. The Balaban J connectivity index is 3.09. The summed E-state index contributed by atoms with van der Waals surface area (Å²) >= 11 is 0. The van der Waals surface area contributed by atoms with Gasteiger partial charge in [0.1, 0.15) is 0 Å². The Bertz CT molecular complexity index is 256. The summed E-state index contributed by atoms with van der Waals surface area (Å²) in [5, 5.41) is 1.71. The lowest BCUT2D eigenvalue weighted by Gasteiger charge is -2.16. The van der Waals surface area contributed by atoms with Crippen LogP contribution in [-0.4, -0.2) is 13.3 Å². The zero-order valence-corrected chi connectivity index (χ0v) is 9.92. The lowest BCUT2D eigenvalue weighted by Crippen LogP contribution is -1.94. The van der Waals surface area contributed by atoms with Crippen molar-refractivity contribution in [2.24, 2.45) is 5.92 Å². The molecule has 0 radical (unpaired) electrons. The normalized spacial score (nSPS) is 24.8. The van der Waals surface area contributed by atoms with Gasteiger partial charge in [0.05, 0.1) is 0 Å². The van der Waals surface area contributed by atoms with E-state index in [1.165, 1.54) is 5.57 Å². The predicted octanol–water partition coefficient (Wildman–Crippen LogP) is 3.99. The largest absolute Gasteiger partial charge is 0.0852 e. The van der Waals surface area contributed by atoms with Crippen LogP contribution in [0.2, 0.25) is 0 Å². The Morgan fingerprint density at radius 2 is 1.50 bits per heavy atom. The van der Waals surface area contributed by atoms with Crippen molar-refractivity contribution in [3.63, 3.8) is 0 Å². The molecule has 0 aromatic heterocycles. The minimum absolute atomic E-state index is 0.104. The van der Waals surface area contributed by atoms with Crippen molar-refractivity contribution < 1.29 is 0 Å². The van der Waals surface area contributed by atoms with Crippen LogP contribution in [0.3, 0.4) is 0 Å². The molecule has 1 heteroatoms. The van der Waals surface area contributed by atoms with Crippen LogP contribution in [0.1, 0.15) is 27.7 Å². The fourth-order valence-electron chi connectivity index (χ4n) is 2.07. The monoisotopic (exact) mass is 182 g/mol. The molecule has 12 heavy (non-hydrogen) atoms. The second kappa shape index (κ2) is 3.34. The molecule has 68 valence electrons. The highest BCUT2D eigenvalue weighted by atomic mass is 31.1. The molecule has 0 amide bonds. The molecule has 0 nitrogen and oxygen atoms in total. The fourth-order valence-corrected chi connectivity index (χ4v) is 3.87. The van der Waals surface area contributed by atoms with E-state index in [-0.39, 0.29) is 7.92 Å². The van der Waals surface area contributed by atoms with Gasteiger partial charge in [0, 0.05) is 5.92 Å². The molecule has 0 saturated heterocycles. The Morgan fingerprint density at radius 3 is 1.67 bits per heavy atom. The van der Waals surface area contributed by atoms with Crippen molar-refractivity contribution in [3.05, 3.63) is 22.0 Å². The topological polar surface area (TPSA) is 0 Å². The van der Waals surface area contributed by atoms with Gasteiger partial charge in [0.15, 0.2) is 0 Å². The molecule has 0 aromatic rings. The average Bonchev–Trinajstić information content (AvgIpc) is 2.16. The van der Waals surface area contributed by atoms with Gasteiger partial charge in [0.25, 0.3) is 0 Å². The molecule has 0 N–H and O–H groups in total. The van der Waals surface area contributed by atoms with E-state index in [9.17, 15) is 0 Å². The van der Waals surface area contributed by atoms with Crippen LogP contribution < -0.4 is 0 Å². The number of allylic oxidation sites excluding steroid dienone is 4. The Labute approximate surface area is 77.5 Å². The molecule has 0 heterocycles. The second-order valence-corrected chi connectivity index (χ2v) is 6.21. The van der Waals surface area contributed by atoms with Crippen LogP contribution >= 0.6 is 7.92 Å². The van der Waals surface area contributed by atoms with Crippen molar-refractivity contribution in [1.29, 1.82) is 0 Å². The molecule has 0 spiro atoms. The van der Waals surface area contributed by atoms with Gasteiger partial charge < -0.3 is 0 Å². The van der Waals surface area contributed by atoms with Gasteiger partial charge in [-0.3, -0.25) is 0 Å². The second-order valence-electron chi connectivity index (χ2n) is 3.93. The smallest absolute Gasteiger partial charge is 0.00298 e. The van der Waals surface area contributed by atoms with Crippen molar-refractivity contribution in [3.8, 4) is 0 Å². The van der Waals surface area contributed by atoms with Crippen LogP contribution in [0.4, 0.5) is 0 Å². The van der Waals surface area contributed by atoms with E-state index in [2.05, 4.69) is 41.0 Å². The van der Waals surface area contributed by atoms with Crippen molar-refractivity contribution in [2.45, 2.75) is 27.7 Å². The quantitative estimate of drug-likeness (QED) is 0.538. The van der Waals surface area contributed by atoms with E-state index < -0.39 is 0 Å². The Hall–Kier alpha value is -0.0900. The molecular weight excluding hydrogens is 163 g/mol. The SMILES string of the molecule is CC1=C(C)C(C)C(P(C)C)=C1C. The molecule has 0 fully saturated rings. The summed E-state index contributed by atoms with van der Waals surface area (Å²) in [6, 6.07) is 0. The molecule has 0 aliphatic heterocycles. The number of rotatable bonds is 1. The van der Waals surface area contributed by atoms with E-state index >= 15 is 0 Å². The highest BCUT2D eigenvalue weighted by Gasteiger charge is 2.24. The van der Waals surface area contributed by atoms with Gasteiger partial charge in [0.2, 0.25) is 0 Å². The van der Waals surface area contributed by atoms with E-state index in [0.29, 0.717) is 5.92 Å². The summed E-state index contributed by atoms with van der Waals surface area (Å²) in [5.41, 5.74) is 4.68. The van der Waals surface area contributed by atoms with Gasteiger partial charge in [-0.2, -0.15) is 0 Å². The first kappa shape index (κ1) is 9.99. The molecule has 0 bridgehead atoms. The summed E-state index contributed by atoms with van der Waals surface area (Å²) in [4.78, 5) is 0. The van der Waals surface area contributed by atoms with Crippen LogP contribution in [0.15, 0.2) is 22.0 Å². The van der Waals surface area contributed by atoms with Gasteiger partial charge in [-0.1, -0.05) is 20.4 Å². The maximum absolute atomic E-state index is 2.36. The van der Waals surface area contributed by atoms with Gasteiger partial charge in [-0.05, 0) is 50.6 Å². The van der Waals surface area contributed by atoms with Crippen LogP contribution in [-0.2, 0) is 0 Å². The minimum atomic E-state index is 0.104. The first-order valence-electron chi connectivity index (χ1n) is 4.52. The summed E-state index contributed by atoms with van der Waals surface area (Å²) in [5.74, 6) is 0.714. The Morgan fingerprint density at radius 1 is 1.00 bits per heavy atom. The molecule has 1 atom stereocenters. The van der Waals surface area contributed by atoms with Crippen molar-refractivity contribution in [2.75, 3.05) is 13.3 Å². The standard InChI is InChI=1S/C11H19P/c1-7-8(2)10(4)11(9(7)3)12(5)6/h9H,1-6H3. The van der Waals surface area contributed by atoms with Gasteiger partial charge >= 0.3 is 0 Å². The summed E-state index contributed by atoms with van der Waals surface area (Å²) in [6.07, 6.45) is 0. The van der Waals surface area contributed by atoms with E-state index in [4.69, 9.17) is 0 Å². The lowest BCUT2D eigenvalue weighted by atomic mass is 10.1. The van der Waals surface area contributed by atoms with Crippen molar-refractivity contribution >= 4 is 7.92 Å². The molecule has 1 aliphatic rings. The van der Waals surface area contributed by atoms with Gasteiger partial charge in [-0.25, -0.2) is 0 Å². The molecule has 1 aliphatic carbocycles. The zero-order valence-electron chi connectivity index (χ0n) is 9.02. The molecular formula is C11H19P. The van der Waals surface area contributed by atoms with Crippen LogP contribution in [0, 0.1) is 5.92 Å². The van der Waals surface area contributed by atoms with Crippen molar-refractivity contribution in [1.82, 2.24) is 0 Å². The summed E-state index contributed by atoms with van der Waals surface area (Å²) in [6.45, 7) is 13.9. The highest BCUT2D eigenvalue weighted by molar-refractivity contribution is 7.60. The lowest BCUT2D eigenvalue weighted by molar-refractivity contribution is 0.858. The first-order valence-corrected chi connectivity index (χ1v) is 6.76. The molecule has 0 saturated carbocycles. The summed E-state index contributed by atoms with van der Waals surface area (Å²) < 4.78 is 0.